The van der Waals surface area contributed by atoms with Crippen molar-refractivity contribution in [3.05, 3.63) is 60.8 Å². The molecule has 0 saturated carbocycles. The smallest absolute Gasteiger partial charge is 0.361 e. The second kappa shape index (κ2) is 55.2. The van der Waals surface area contributed by atoms with Crippen molar-refractivity contribution < 1.29 is 42.9 Å². The zero-order chi connectivity index (χ0) is 53.4. The maximum Gasteiger partial charge on any atom is 0.361 e. The van der Waals surface area contributed by atoms with Crippen LogP contribution < -0.4 is 0 Å². The number of rotatable bonds is 56. The first-order chi connectivity index (χ1) is 35.6. The van der Waals surface area contributed by atoms with E-state index in [0.717, 1.165) is 83.5 Å². The number of likely N-dealkylation sites (N-methyl/N-ethyl adjacent to an activating group) is 1. The molecular formula is C64H116NO8+. The van der Waals surface area contributed by atoms with Gasteiger partial charge in [-0.05, 0) is 57.8 Å². The first kappa shape index (κ1) is 70.0. The SMILES string of the molecule is CC/C=C\C/C=C\C/C=C\C/C=C\C/C=C\CCCCCCCC(=O)OC(COC(=O)CCCCCCCCCCCCCCCCCCCCCCCCCCCCC)COC(OCC[N+](C)(C)C)C(=O)O. The third kappa shape index (κ3) is 56.6. The second-order valence-electron chi connectivity index (χ2n) is 21.6. The van der Waals surface area contributed by atoms with Crippen LogP contribution in [-0.4, -0.2) is 87.4 Å². The lowest BCUT2D eigenvalue weighted by molar-refractivity contribution is -0.870. The van der Waals surface area contributed by atoms with E-state index in [1.807, 2.05) is 21.1 Å². The number of aliphatic carboxylic acids is 1. The van der Waals surface area contributed by atoms with Crippen molar-refractivity contribution >= 4 is 17.9 Å². The lowest BCUT2D eigenvalue weighted by Crippen LogP contribution is -2.40. The number of hydrogen-bond acceptors (Lipinski definition) is 7. The Hall–Kier alpha value is -3.01. The molecule has 0 bridgehead atoms. The number of unbranched alkanes of at least 4 members (excludes halogenated alkanes) is 31. The third-order valence-corrected chi connectivity index (χ3v) is 13.3. The zero-order valence-electron chi connectivity index (χ0n) is 48.3. The Bertz CT molecular complexity index is 1380. The molecular weight excluding hydrogens is 911 g/mol. The van der Waals surface area contributed by atoms with Gasteiger partial charge >= 0.3 is 17.9 Å². The van der Waals surface area contributed by atoms with Crippen molar-refractivity contribution in [2.24, 2.45) is 0 Å². The summed E-state index contributed by atoms with van der Waals surface area (Å²) in [5.41, 5.74) is 0. The normalized spacial score (nSPS) is 13.2. The number of carbonyl (C=O) groups is 3. The number of esters is 2. The molecule has 0 aliphatic heterocycles. The Kier molecular flexibility index (Phi) is 53.0. The number of carbonyl (C=O) groups excluding carboxylic acids is 2. The van der Waals surface area contributed by atoms with Crippen LogP contribution in [0.1, 0.15) is 271 Å². The van der Waals surface area contributed by atoms with E-state index in [4.69, 9.17) is 18.9 Å². The Balaban J connectivity index is 4.20. The molecule has 0 rings (SSSR count). The first-order valence-electron chi connectivity index (χ1n) is 30.5. The summed E-state index contributed by atoms with van der Waals surface area (Å²) >= 11 is 0. The van der Waals surface area contributed by atoms with Gasteiger partial charge in [-0.1, -0.05) is 261 Å². The minimum Gasteiger partial charge on any atom is -0.477 e. The molecule has 0 spiro atoms. The van der Waals surface area contributed by atoms with Gasteiger partial charge in [0.15, 0.2) is 6.10 Å². The summed E-state index contributed by atoms with van der Waals surface area (Å²) in [5.74, 6) is -2.02. The quantitative estimate of drug-likeness (QED) is 0.0211. The Morgan fingerprint density at radius 2 is 0.781 bits per heavy atom. The molecule has 0 amide bonds. The van der Waals surface area contributed by atoms with E-state index in [0.29, 0.717) is 23.9 Å². The van der Waals surface area contributed by atoms with Gasteiger partial charge in [0.25, 0.3) is 6.29 Å². The highest BCUT2D eigenvalue weighted by molar-refractivity contribution is 5.71. The van der Waals surface area contributed by atoms with Crippen LogP contribution in [0.4, 0.5) is 0 Å². The minimum absolute atomic E-state index is 0.182. The maximum absolute atomic E-state index is 12.9. The van der Waals surface area contributed by atoms with Crippen molar-refractivity contribution in [3.63, 3.8) is 0 Å². The maximum atomic E-state index is 12.9. The number of allylic oxidation sites excluding steroid dienone is 10. The van der Waals surface area contributed by atoms with Crippen LogP contribution in [0, 0.1) is 0 Å². The van der Waals surface area contributed by atoms with Crippen molar-refractivity contribution in [3.8, 4) is 0 Å². The van der Waals surface area contributed by atoms with Gasteiger partial charge in [0.05, 0.1) is 34.4 Å². The molecule has 0 radical (unpaired) electrons. The van der Waals surface area contributed by atoms with Crippen molar-refractivity contribution in [2.75, 3.05) is 47.5 Å². The number of hydrogen-bond donors (Lipinski definition) is 1. The van der Waals surface area contributed by atoms with Crippen molar-refractivity contribution in [1.82, 2.24) is 0 Å². The first-order valence-corrected chi connectivity index (χ1v) is 30.5. The molecule has 0 heterocycles. The van der Waals surface area contributed by atoms with Gasteiger partial charge in [-0.25, -0.2) is 4.79 Å². The molecule has 9 nitrogen and oxygen atoms in total. The van der Waals surface area contributed by atoms with Crippen LogP contribution in [0.25, 0.3) is 0 Å². The standard InChI is InChI=1S/C64H115NO8/c1-6-8-10-12-14-16-18-20-22-24-26-28-29-30-31-32-33-35-36-38-40-42-44-46-48-50-52-54-61(66)71-58-60(59-72-64(63(68)69)70-57-56-65(3,4)5)73-62(67)55-53-51-49-47-45-43-41-39-37-34-27-25-23-21-19-17-15-13-11-9-7-2/h9,11,15,17,21,23,27,34,39,41,60,64H,6-8,10,12-14,16,18-20,22,24-26,28-33,35-38,40,42-59H2,1-5H3/p+1/b11-9-,17-15-,23-21-,34-27-,41-39-. The Morgan fingerprint density at radius 3 is 1.16 bits per heavy atom. The van der Waals surface area contributed by atoms with Crippen LogP contribution in [-0.2, 0) is 33.3 Å². The molecule has 0 fully saturated rings. The molecule has 9 heteroatoms. The molecule has 0 aromatic carbocycles. The molecule has 424 valence electrons. The summed E-state index contributed by atoms with van der Waals surface area (Å²) in [6, 6.07) is 0. The van der Waals surface area contributed by atoms with E-state index in [1.165, 1.54) is 154 Å². The molecule has 2 unspecified atom stereocenters. The molecule has 2 atom stereocenters. The van der Waals surface area contributed by atoms with Crippen LogP contribution in [0.2, 0.25) is 0 Å². The average Bonchev–Trinajstić information content (AvgIpc) is 3.36. The number of carboxylic acid groups (broad SMARTS) is 1. The molecule has 0 aromatic rings. The van der Waals surface area contributed by atoms with Gasteiger partial charge in [-0.2, -0.15) is 0 Å². The van der Waals surface area contributed by atoms with Gasteiger partial charge in [0.1, 0.15) is 13.2 Å². The van der Waals surface area contributed by atoms with E-state index < -0.39 is 24.3 Å². The van der Waals surface area contributed by atoms with Gasteiger partial charge in [0, 0.05) is 12.8 Å². The number of nitrogens with zero attached hydrogens (tertiary/aromatic N) is 1. The molecule has 0 aliphatic carbocycles. The van der Waals surface area contributed by atoms with Gasteiger partial charge in [-0.15, -0.1) is 0 Å². The van der Waals surface area contributed by atoms with Crippen LogP contribution >= 0.6 is 0 Å². The number of ether oxygens (including phenoxy) is 4. The molecule has 0 aromatic heterocycles. The van der Waals surface area contributed by atoms with E-state index >= 15 is 0 Å². The summed E-state index contributed by atoms with van der Waals surface area (Å²) in [5, 5.41) is 9.71. The van der Waals surface area contributed by atoms with Gasteiger partial charge in [-0.3, -0.25) is 9.59 Å². The van der Waals surface area contributed by atoms with Crippen LogP contribution in [0.15, 0.2) is 60.8 Å². The van der Waals surface area contributed by atoms with E-state index in [1.54, 1.807) is 0 Å². The summed E-state index contributed by atoms with van der Waals surface area (Å²) in [6.07, 6.45) is 67.4. The van der Waals surface area contributed by atoms with Crippen LogP contribution in [0.5, 0.6) is 0 Å². The van der Waals surface area contributed by atoms with Gasteiger partial charge in [0.2, 0.25) is 0 Å². The Morgan fingerprint density at radius 1 is 0.425 bits per heavy atom. The lowest BCUT2D eigenvalue weighted by Gasteiger charge is -2.25. The lowest BCUT2D eigenvalue weighted by atomic mass is 10.0. The van der Waals surface area contributed by atoms with Crippen molar-refractivity contribution in [2.45, 2.75) is 283 Å². The molecule has 0 aliphatic rings. The third-order valence-electron chi connectivity index (χ3n) is 13.3. The number of carboxylic acids is 1. The highest BCUT2D eigenvalue weighted by Crippen LogP contribution is 2.17. The predicted molar refractivity (Wildman–Crippen MR) is 309 cm³/mol. The summed E-state index contributed by atoms with van der Waals surface area (Å²) in [7, 11) is 5.96. The fourth-order valence-electron chi connectivity index (χ4n) is 8.63. The summed E-state index contributed by atoms with van der Waals surface area (Å²) < 4.78 is 22.9. The highest BCUT2D eigenvalue weighted by atomic mass is 16.7. The van der Waals surface area contributed by atoms with E-state index in [2.05, 4.69) is 74.6 Å². The van der Waals surface area contributed by atoms with Crippen LogP contribution in [0.3, 0.4) is 0 Å². The zero-order valence-corrected chi connectivity index (χ0v) is 48.3. The van der Waals surface area contributed by atoms with Crippen molar-refractivity contribution in [1.29, 1.82) is 0 Å². The van der Waals surface area contributed by atoms with E-state index in [9.17, 15) is 19.5 Å². The number of quaternary nitrogens is 1. The Labute approximate surface area is 450 Å². The average molecular weight is 1030 g/mol. The predicted octanol–water partition coefficient (Wildman–Crippen LogP) is 18.0. The second-order valence-corrected chi connectivity index (χ2v) is 21.6. The summed E-state index contributed by atoms with van der Waals surface area (Å²) in [4.78, 5) is 37.5. The fraction of sp³-hybridized carbons (Fsp3) is 0.797. The summed E-state index contributed by atoms with van der Waals surface area (Å²) in [6.45, 7) is 4.77. The topological polar surface area (TPSA) is 108 Å². The van der Waals surface area contributed by atoms with Gasteiger partial charge < -0.3 is 28.5 Å². The molecule has 73 heavy (non-hydrogen) atoms. The molecule has 0 saturated heterocycles. The monoisotopic (exact) mass is 1030 g/mol. The minimum atomic E-state index is -1.52. The van der Waals surface area contributed by atoms with E-state index in [-0.39, 0.29) is 32.2 Å². The highest BCUT2D eigenvalue weighted by Gasteiger charge is 2.25. The largest absolute Gasteiger partial charge is 0.477 e. The fourth-order valence-corrected chi connectivity index (χ4v) is 8.63. The molecule has 1 N–H and O–H groups in total.